The van der Waals surface area contributed by atoms with E-state index in [1.165, 1.54) is 22.2 Å². The standard InChI is InChI=1S/C16H25BrOS/c1-15(2,3)12-4-7-16(11-18,8-5-12)10-14-13(17)6-9-19-14/h6,9,12,18H,4-5,7-8,10-11H2,1-3H3. The number of halogens is 1. The second kappa shape index (κ2) is 5.87. The van der Waals surface area contributed by atoms with Crippen LogP contribution in [0.15, 0.2) is 15.9 Å². The van der Waals surface area contributed by atoms with Gasteiger partial charge in [0.15, 0.2) is 0 Å². The molecule has 1 nitrogen and oxygen atoms in total. The van der Waals surface area contributed by atoms with Crippen molar-refractivity contribution >= 4 is 27.3 Å². The van der Waals surface area contributed by atoms with E-state index in [2.05, 4.69) is 48.1 Å². The average molecular weight is 345 g/mol. The number of hydrogen-bond acceptors (Lipinski definition) is 2. The lowest BCUT2D eigenvalue weighted by Crippen LogP contribution is -2.36. The van der Waals surface area contributed by atoms with Crippen LogP contribution in [0.4, 0.5) is 0 Å². The molecule has 1 N–H and O–H groups in total. The molecule has 1 aromatic rings. The van der Waals surface area contributed by atoms with Gasteiger partial charge in [-0.05, 0) is 76.2 Å². The van der Waals surface area contributed by atoms with Crippen LogP contribution in [-0.4, -0.2) is 11.7 Å². The predicted molar refractivity (Wildman–Crippen MR) is 86.7 cm³/mol. The molecular formula is C16H25BrOS. The zero-order valence-electron chi connectivity index (χ0n) is 12.2. The zero-order valence-corrected chi connectivity index (χ0v) is 14.6. The molecular weight excluding hydrogens is 320 g/mol. The first-order chi connectivity index (χ1) is 8.86. The topological polar surface area (TPSA) is 20.2 Å². The second-order valence-corrected chi connectivity index (χ2v) is 9.02. The van der Waals surface area contributed by atoms with Crippen molar-refractivity contribution in [3.05, 3.63) is 20.8 Å². The first-order valence-electron chi connectivity index (χ1n) is 7.19. The third-order valence-corrected chi connectivity index (χ3v) is 6.76. The molecule has 1 heterocycles. The summed E-state index contributed by atoms with van der Waals surface area (Å²) in [6.45, 7) is 7.37. The van der Waals surface area contributed by atoms with Gasteiger partial charge in [-0.1, -0.05) is 20.8 Å². The molecule has 1 aliphatic rings. The molecule has 0 radical (unpaired) electrons. The number of aliphatic hydroxyl groups excluding tert-OH is 1. The van der Waals surface area contributed by atoms with E-state index in [4.69, 9.17) is 0 Å². The summed E-state index contributed by atoms with van der Waals surface area (Å²) < 4.78 is 1.21. The van der Waals surface area contributed by atoms with E-state index in [-0.39, 0.29) is 5.41 Å². The maximum absolute atomic E-state index is 9.91. The third kappa shape index (κ3) is 3.62. The minimum atomic E-state index is 0.120. The van der Waals surface area contributed by atoms with Gasteiger partial charge in [-0.25, -0.2) is 0 Å². The molecule has 3 heteroatoms. The van der Waals surface area contributed by atoms with Crippen molar-refractivity contribution in [2.24, 2.45) is 16.7 Å². The lowest BCUT2D eigenvalue weighted by molar-refractivity contribution is 0.0374. The first-order valence-corrected chi connectivity index (χ1v) is 8.86. The van der Waals surface area contributed by atoms with E-state index in [0.29, 0.717) is 12.0 Å². The minimum Gasteiger partial charge on any atom is -0.396 e. The lowest BCUT2D eigenvalue weighted by Gasteiger charge is -2.43. The maximum atomic E-state index is 9.91. The van der Waals surface area contributed by atoms with Crippen molar-refractivity contribution in [1.82, 2.24) is 0 Å². The van der Waals surface area contributed by atoms with Crippen molar-refractivity contribution in [2.75, 3.05) is 6.61 Å². The molecule has 1 aromatic heterocycles. The minimum absolute atomic E-state index is 0.120. The van der Waals surface area contributed by atoms with Gasteiger partial charge in [-0.2, -0.15) is 0 Å². The number of thiophene rings is 1. The molecule has 0 atom stereocenters. The lowest BCUT2D eigenvalue weighted by atomic mass is 9.63. The predicted octanol–water partition coefficient (Wildman–Crippen LogP) is 5.27. The average Bonchev–Trinajstić information content (AvgIpc) is 2.74. The molecule has 1 aliphatic carbocycles. The Labute approximate surface area is 129 Å². The van der Waals surface area contributed by atoms with Crippen molar-refractivity contribution in [2.45, 2.75) is 52.9 Å². The molecule has 0 amide bonds. The Kier molecular flexibility index (Phi) is 4.79. The van der Waals surface area contributed by atoms with Crippen LogP contribution in [0.1, 0.15) is 51.3 Å². The van der Waals surface area contributed by atoms with E-state index in [1.807, 2.05) is 0 Å². The second-order valence-electron chi connectivity index (χ2n) is 7.17. The summed E-state index contributed by atoms with van der Waals surface area (Å²) in [4.78, 5) is 1.39. The largest absolute Gasteiger partial charge is 0.396 e. The number of hydrogen-bond donors (Lipinski definition) is 1. The van der Waals surface area contributed by atoms with E-state index in [9.17, 15) is 5.11 Å². The van der Waals surface area contributed by atoms with E-state index in [1.54, 1.807) is 11.3 Å². The third-order valence-electron chi connectivity index (χ3n) is 4.83. The van der Waals surface area contributed by atoms with E-state index < -0.39 is 0 Å². The van der Waals surface area contributed by atoms with Crippen molar-refractivity contribution < 1.29 is 5.11 Å². The van der Waals surface area contributed by atoms with Crippen LogP contribution < -0.4 is 0 Å². The van der Waals surface area contributed by atoms with Gasteiger partial charge in [-0.3, -0.25) is 0 Å². The van der Waals surface area contributed by atoms with Gasteiger partial charge in [0.25, 0.3) is 0 Å². The highest BCUT2D eigenvalue weighted by Gasteiger charge is 2.38. The maximum Gasteiger partial charge on any atom is 0.0490 e. The summed E-state index contributed by atoms with van der Waals surface area (Å²) in [5, 5.41) is 12.0. The summed E-state index contributed by atoms with van der Waals surface area (Å²) >= 11 is 5.42. The smallest absolute Gasteiger partial charge is 0.0490 e. The number of rotatable bonds is 3. The molecule has 2 rings (SSSR count). The molecule has 0 aliphatic heterocycles. The molecule has 1 saturated carbocycles. The Balaban J connectivity index is 2.04. The first kappa shape index (κ1) is 15.5. The zero-order chi connectivity index (χ0) is 14.1. The van der Waals surface area contributed by atoms with Crippen LogP contribution in [0.5, 0.6) is 0 Å². The van der Waals surface area contributed by atoms with E-state index in [0.717, 1.165) is 25.2 Å². The van der Waals surface area contributed by atoms with Gasteiger partial charge in [0.05, 0.1) is 0 Å². The van der Waals surface area contributed by atoms with Crippen LogP contribution in [-0.2, 0) is 6.42 Å². The molecule has 1 fully saturated rings. The van der Waals surface area contributed by atoms with Crippen LogP contribution >= 0.6 is 27.3 Å². The van der Waals surface area contributed by atoms with Crippen molar-refractivity contribution in [3.63, 3.8) is 0 Å². The van der Waals surface area contributed by atoms with Gasteiger partial charge in [0, 0.05) is 16.0 Å². The Bertz CT molecular complexity index is 411. The van der Waals surface area contributed by atoms with Gasteiger partial charge in [-0.15, -0.1) is 11.3 Å². The van der Waals surface area contributed by atoms with Crippen molar-refractivity contribution in [3.8, 4) is 0 Å². The molecule has 108 valence electrons. The molecule has 0 unspecified atom stereocenters. The van der Waals surface area contributed by atoms with Gasteiger partial charge in [0.2, 0.25) is 0 Å². The highest BCUT2D eigenvalue weighted by Crippen LogP contribution is 2.47. The molecule has 0 aromatic carbocycles. The van der Waals surface area contributed by atoms with Crippen molar-refractivity contribution in [1.29, 1.82) is 0 Å². The quantitative estimate of drug-likeness (QED) is 0.791. The van der Waals surface area contributed by atoms with E-state index >= 15 is 0 Å². The summed E-state index contributed by atoms with van der Waals surface area (Å²) in [7, 11) is 0. The summed E-state index contributed by atoms with van der Waals surface area (Å²) in [5.74, 6) is 0.805. The molecule has 0 saturated heterocycles. The van der Waals surface area contributed by atoms with Gasteiger partial charge >= 0.3 is 0 Å². The Hall–Kier alpha value is 0.140. The Morgan fingerprint density at radius 2 is 2.00 bits per heavy atom. The summed E-state index contributed by atoms with van der Waals surface area (Å²) in [6.07, 6.45) is 5.87. The molecule has 0 spiro atoms. The number of aliphatic hydroxyl groups is 1. The van der Waals surface area contributed by atoms with Crippen LogP contribution in [0.3, 0.4) is 0 Å². The van der Waals surface area contributed by atoms with Gasteiger partial charge in [0.1, 0.15) is 0 Å². The molecule has 19 heavy (non-hydrogen) atoms. The monoisotopic (exact) mass is 344 g/mol. The fraction of sp³-hybridized carbons (Fsp3) is 0.750. The fourth-order valence-electron chi connectivity index (χ4n) is 3.28. The highest BCUT2D eigenvalue weighted by molar-refractivity contribution is 9.10. The SMILES string of the molecule is CC(C)(C)C1CCC(CO)(Cc2sccc2Br)CC1. The van der Waals surface area contributed by atoms with Crippen LogP contribution in [0.2, 0.25) is 0 Å². The highest BCUT2D eigenvalue weighted by atomic mass is 79.9. The fourth-order valence-corrected chi connectivity index (χ4v) is 4.95. The normalized spacial score (nSPS) is 28.6. The summed E-state index contributed by atoms with van der Waals surface area (Å²) in [6, 6.07) is 2.12. The Morgan fingerprint density at radius 3 is 2.42 bits per heavy atom. The Morgan fingerprint density at radius 1 is 1.37 bits per heavy atom. The summed E-state index contributed by atoms with van der Waals surface area (Å²) in [5.41, 5.74) is 0.528. The van der Waals surface area contributed by atoms with Crippen LogP contribution in [0, 0.1) is 16.7 Å². The van der Waals surface area contributed by atoms with Crippen LogP contribution in [0.25, 0.3) is 0 Å². The molecule has 0 bridgehead atoms. The van der Waals surface area contributed by atoms with Gasteiger partial charge < -0.3 is 5.11 Å².